The van der Waals surface area contributed by atoms with Crippen LogP contribution in [0, 0.1) is 0 Å². The number of ketones is 1. The zero-order valence-electron chi connectivity index (χ0n) is 19.1. The van der Waals surface area contributed by atoms with Gasteiger partial charge < -0.3 is 26.2 Å². The lowest BCUT2D eigenvalue weighted by atomic mass is 9.98. The molecule has 0 bridgehead atoms. The van der Waals surface area contributed by atoms with E-state index in [1.807, 2.05) is 72.8 Å². The van der Waals surface area contributed by atoms with Crippen LogP contribution in [-0.4, -0.2) is 36.9 Å². The molecule has 0 aliphatic carbocycles. The van der Waals surface area contributed by atoms with Crippen molar-refractivity contribution in [3.8, 4) is 0 Å². The van der Waals surface area contributed by atoms with Gasteiger partial charge in [-0.05, 0) is 0 Å². The van der Waals surface area contributed by atoms with Crippen LogP contribution >= 0.6 is 0 Å². The third kappa shape index (κ3) is 7.24. The number of nitrogens with zero attached hydrogens (tertiary/aromatic N) is 1. The Morgan fingerprint density at radius 3 is 2.00 bits per heavy atom. The Kier molecular flexibility index (Phi) is 9.76. The van der Waals surface area contributed by atoms with E-state index in [1.54, 1.807) is 0 Å². The number of carbonyl (C=O) groups is 2. The molecule has 3 aromatic carbocycles. The van der Waals surface area contributed by atoms with Crippen molar-refractivity contribution in [3.63, 3.8) is 0 Å². The van der Waals surface area contributed by atoms with Crippen LogP contribution < -0.4 is 17.0 Å². The lowest BCUT2D eigenvalue weighted by Crippen LogP contribution is -3.00. The lowest BCUT2D eigenvalue weighted by molar-refractivity contribution is -0.934. The summed E-state index contributed by atoms with van der Waals surface area (Å²) in [6.45, 7) is 4.56. The molecule has 1 unspecified atom stereocenters. The largest absolute Gasteiger partial charge is 1.00 e. The summed E-state index contributed by atoms with van der Waals surface area (Å²) in [6.07, 6.45) is 1.89. The van der Waals surface area contributed by atoms with E-state index in [2.05, 4.69) is 32.8 Å². The molecule has 0 aliphatic heterocycles. The first-order valence-corrected chi connectivity index (χ1v) is 10.8. The molecule has 0 radical (unpaired) electrons. The molecule has 4 nitrogen and oxygen atoms in total. The van der Waals surface area contributed by atoms with Gasteiger partial charge in [-0.15, -0.1) is 0 Å². The van der Waals surface area contributed by atoms with Crippen molar-refractivity contribution in [3.05, 3.63) is 120 Å². The molecule has 0 N–H and O–H groups in total. The van der Waals surface area contributed by atoms with E-state index in [1.165, 1.54) is 11.6 Å². The van der Waals surface area contributed by atoms with Crippen molar-refractivity contribution in [2.45, 2.75) is 19.0 Å². The first kappa shape index (κ1) is 26.2. The third-order valence-corrected chi connectivity index (χ3v) is 5.67. The fourth-order valence-electron chi connectivity index (χ4n) is 4.02. The van der Waals surface area contributed by atoms with Crippen molar-refractivity contribution < 1.29 is 35.8 Å². The Morgan fingerprint density at radius 1 is 0.879 bits per heavy atom. The molecule has 3 aromatic rings. The van der Waals surface area contributed by atoms with Crippen molar-refractivity contribution in [2.24, 2.45) is 0 Å². The maximum Gasteiger partial charge on any atom is 0.330 e. The molecule has 5 heteroatoms. The molecular weight excluding hydrogens is 478 g/mol. The second-order valence-electron chi connectivity index (χ2n) is 8.42. The van der Waals surface area contributed by atoms with Gasteiger partial charge in [0.1, 0.15) is 12.6 Å². The summed E-state index contributed by atoms with van der Waals surface area (Å²) in [6, 6.07) is 27.6. The normalized spacial score (nSPS) is 11.7. The van der Waals surface area contributed by atoms with Crippen LogP contribution in [0.25, 0.3) is 0 Å². The smallest absolute Gasteiger partial charge is 0.330 e. The molecule has 0 fully saturated rings. The SMILES string of the molecule is C=CC(=O)OCCC(c1ccccc1)[N+](C)(C)Cc1ccc(C(=O)c2ccccc2)cc1.[Br-]. The van der Waals surface area contributed by atoms with Crippen molar-refractivity contribution in [1.82, 2.24) is 0 Å². The van der Waals surface area contributed by atoms with Crippen LogP contribution in [-0.2, 0) is 16.1 Å². The summed E-state index contributed by atoms with van der Waals surface area (Å²) in [5, 5.41) is 0. The van der Waals surface area contributed by atoms with E-state index in [-0.39, 0.29) is 28.8 Å². The highest BCUT2D eigenvalue weighted by Gasteiger charge is 2.30. The molecular formula is C28H30BrNO3. The Bertz CT molecular complexity index is 1050. The highest BCUT2D eigenvalue weighted by molar-refractivity contribution is 6.08. The summed E-state index contributed by atoms with van der Waals surface area (Å²) in [5.41, 5.74) is 3.71. The number of ether oxygens (including phenoxy) is 1. The maximum atomic E-state index is 12.7. The first-order chi connectivity index (χ1) is 15.4. The number of carbonyl (C=O) groups excluding carboxylic acids is 2. The summed E-state index contributed by atoms with van der Waals surface area (Å²) in [4.78, 5) is 24.2. The van der Waals surface area contributed by atoms with Crippen LogP contribution in [0.2, 0.25) is 0 Å². The molecule has 3 rings (SSSR count). The van der Waals surface area contributed by atoms with Crippen LogP contribution in [0.4, 0.5) is 0 Å². The molecule has 1 atom stereocenters. The van der Waals surface area contributed by atoms with E-state index >= 15 is 0 Å². The monoisotopic (exact) mass is 507 g/mol. The van der Waals surface area contributed by atoms with Crippen LogP contribution in [0.1, 0.15) is 39.5 Å². The number of rotatable bonds is 10. The Morgan fingerprint density at radius 2 is 1.42 bits per heavy atom. The first-order valence-electron chi connectivity index (χ1n) is 10.8. The Balaban J connectivity index is 0.00000385. The van der Waals surface area contributed by atoms with Gasteiger partial charge in [0, 0.05) is 34.8 Å². The van der Waals surface area contributed by atoms with E-state index < -0.39 is 5.97 Å². The molecule has 0 spiro atoms. The van der Waals surface area contributed by atoms with Gasteiger partial charge in [0.25, 0.3) is 0 Å². The molecule has 0 aromatic heterocycles. The number of hydrogen-bond donors (Lipinski definition) is 0. The second-order valence-corrected chi connectivity index (χ2v) is 8.42. The van der Waals surface area contributed by atoms with Gasteiger partial charge in [0.05, 0.1) is 20.7 Å². The zero-order chi connectivity index (χ0) is 23.0. The fraction of sp³-hybridized carbons (Fsp3) is 0.214. The van der Waals surface area contributed by atoms with Crippen LogP contribution in [0.5, 0.6) is 0 Å². The highest BCUT2D eigenvalue weighted by atomic mass is 79.9. The van der Waals surface area contributed by atoms with Gasteiger partial charge in [0.2, 0.25) is 0 Å². The van der Waals surface area contributed by atoms with Crippen LogP contribution in [0.3, 0.4) is 0 Å². The summed E-state index contributed by atoms with van der Waals surface area (Å²) < 4.78 is 5.95. The van der Waals surface area contributed by atoms with Gasteiger partial charge in [-0.2, -0.15) is 0 Å². The lowest BCUT2D eigenvalue weighted by Gasteiger charge is -2.38. The minimum Gasteiger partial charge on any atom is -1.00 e. The number of quaternary nitrogens is 1. The van der Waals surface area contributed by atoms with E-state index in [9.17, 15) is 9.59 Å². The average Bonchev–Trinajstić information content (AvgIpc) is 2.82. The Hall–Kier alpha value is -3.02. The summed E-state index contributed by atoms with van der Waals surface area (Å²) in [7, 11) is 4.35. The number of hydrogen-bond acceptors (Lipinski definition) is 3. The standard InChI is InChI=1S/C28H30NO3.BrH/c1-4-27(30)32-20-19-26(23-11-7-5-8-12-23)29(2,3)21-22-15-17-25(18-16-22)28(31)24-13-9-6-10-14-24;/h4-18,26H,1,19-21H2,2-3H3;1H/q+1;/p-1. The maximum absolute atomic E-state index is 12.7. The fourth-order valence-corrected chi connectivity index (χ4v) is 4.02. The van der Waals surface area contributed by atoms with Gasteiger partial charge in [-0.3, -0.25) is 4.79 Å². The van der Waals surface area contributed by atoms with Gasteiger partial charge in [0.15, 0.2) is 5.78 Å². The van der Waals surface area contributed by atoms with E-state index in [4.69, 9.17) is 4.74 Å². The number of benzene rings is 3. The van der Waals surface area contributed by atoms with E-state index in [0.29, 0.717) is 28.6 Å². The van der Waals surface area contributed by atoms with Crippen LogP contribution in [0.15, 0.2) is 97.6 Å². The predicted octanol–water partition coefficient (Wildman–Crippen LogP) is 2.36. The average molecular weight is 508 g/mol. The second kappa shape index (κ2) is 12.3. The molecule has 172 valence electrons. The molecule has 0 heterocycles. The minimum atomic E-state index is -0.402. The predicted molar refractivity (Wildman–Crippen MR) is 127 cm³/mol. The van der Waals surface area contributed by atoms with Gasteiger partial charge in [-0.25, -0.2) is 4.79 Å². The van der Waals surface area contributed by atoms with E-state index in [0.717, 1.165) is 12.1 Å². The number of halogens is 1. The van der Waals surface area contributed by atoms with Crippen molar-refractivity contribution >= 4 is 11.8 Å². The summed E-state index contributed by atoms with van der Waals surface area (Å²) in [5.74, 6) is -0.377. The molecule has 0 amide bonds. The minimum absolute atomic E-state index is 0. The number of esters is 1. The quantitative estimate of drug-likeness (QED) is 0.183. The van der Waals surface area contributed by atoms with Gasteiger partial charge >= 0.3 is 5.97 Å². The van der Waals surface area contributed by atoms with Gasteiger partial charge in [-0.1, -0.05) is 91.5 Å². The highest BCUT2D eigenvalue weighted by Crippen LogP contribution is 2.31. The Labute approximate surface area is 206 Å². The molecule has 0 saturated carbocycles. The summed E-state index contributed by atoms with van der Waals surface area (Å²) >= 11 is 0. The third-order valence-electron chi connectivity index (χ3n) is 5.67. The molecule has 33 heavy (non-hydrogen) atoms. The van der Waals surface area contributed by atoms with Crippen molar-refractivity contribution in [1.29, 1.82) is 0 Å². The molecule has 0 saturated heterocycles. The van der Waals surface area contributed by atoms with Crippen molar-refractivity contribution in [2.75, 3.05) is 20.7 Å². The zero-order valence-corrected chi connectivity index (χ0v) is 20.7. The topological polar surface area (TPSA) is 43.4 Å². The molecule has 0 aliphatic rings.